The Morgan fingerprint density at radius 1 is 1.35 bits per heavy atom. The molecule has 1 fully saturated rings. The molecule has 1 aromatic carbocycles. The van der Waals surface area contributed by atoms with E-state index in [1.807, 2.05) is 24.3 Å². The molecule has 0 aromatic heterocycles. The highest BCUT2D eigenvalue weighted by molar-refractivity contribution is 5.38. The van der Waals surface area contributed by atoms with Crippen LogP contribution in [0, 0.1) is 17.8 Å². The zero-order valence-electron chi connectivity index (χ0n) is 9.82. The van der Waals surface area contributed by atoms with Gasteiger partial charge in [0, 0.05) is 18.1 Å². The first-order chi connectivity index (χ1) is 8.38. The Kier molecular flexibility index (Phi) is 4.43. The maximum atomic E-state index is 5.70. The molecule has 1 atom stereocenters. The van der Waals surface area contributed by atoms with Crippen LogP contribution in [0.3, 0.4) is 0 Å². The van der Waals surface area contributed by atoms with E-state index in [0.717, 1.165) is 37.6 Å². The van der Waals surface area contributed by atoms with Gasteiger partial charge in [0.2, 0.25) is 0 Å². The molecule has 3 heteroatoms. The molecule has 1 aromatic rings. The minimum Gasteiger partial charge on any atom is -0.493 e. The SMILES string of the molecule is NCC#Cc1ccc(OCC2CCOC2)cc1. The number of ether oxygens (including phenoxy) is 2. The topological polar surface area (TPSA) is 44.5 Å². The minimum atomic E-state index is 0.389. The molecule has 0 radical (unpaired) electrons. The second kappa shape index (κ2) is 6.29. The van der Waals surface area contributed by atoms with E-state index in [0.29, 0.717) is 12.5 Å². The fourth-order valence-electron chi connectivity index (χ4n) is 1.72. The molecule has 0 saturated carbocycles. The molecule has 0 spiro atoms. The summed E-state index contributed by atoms with van der Waals surface area (Å²) in [7, 11) is 0. The van der Waals surface area contributed by atoms with E-state index in [2.05, 4.69) is 11.8 Å². The molecule has 3 nitrogen and oxygen atoms in total. The van der Waals surface area contributed by atoms with Gasteiger partial charge in [0.1, 0.15) is 5.75 Å². The van der Waals surface area contributed by atoms with Crippen LogP contribution in [0.5, 0.6) is 5.75 Å². The zero-order valence-corrected chi connectivity index (χ0v) is 9.82. The molecule has 2 rings (SSSR count). The molecule has 2 N–H and O–H groups in total. The summed E-state index contributed by atoms with van der Waals surface area (Å²) in [6.07, 6.45) is 1.10. The fraction of sp³-hybridized carbons (Fsp3) is 0.429. The van der Waals surface area contributed by atoms with Gasteiger partial charge in [-0.05, 0) is 30.7 Å². The van der Waals surface area contributed by atoms with Crippen molar-refractivity contribution in [2.75, 3.05) is 26.4 Å². The lowest BCUT2D eigenvalue weighted by molar-refractivity contribution is 0.167. The highest BCUT2D eigenvalue weighted by Gasteiger charge is 2.15. The smallest absolute Gasteiger partial charge is 0.119 e. The molecule has 1 unspecified atom stereocenters. The molecule has 1 saturated heterocycles. The summed E-state index contributed by atoms with van der Waals surface area (Å²) in [5.41, 5.74) is 6.28. The third-order valence-corrected chi connectivity index (χ3v) is 2.70. The highest BCUT2D eigenvalue weighted by Crippen LogP contribution is 2.16. The van der Waals surface area contributed by atoms with E-state index in [1.54, 1.807) is 0 Å². The third-order valence-electron chi connectivity index (χ3n) is 2.70. The van der Waals surface area contributed by atoms with Gasteiger partial charge >= 0.3 is 0 Å². The monoisotopic (exact) mass is 231 g/mol. The summed E-state index contributed by atoms with van der Waals surface area (Å²) < 4.78 is 11.0. The molecule has 0 aliphatic carbocycles. The van der Waals surface area contributed by atoms with Crippen LogP contribution in [-0.2, 0) is 4.74 Å². The lowest BCUT2D eigenvalue weighted by Crippen LogP contribution is -2.11. The van der Waals surface area contributed by atoms with Gasteiger partial charge < -0.3 is 15.2 Å². The minimum absolute atomic E-state index is 0.389. The van der Waals surface area contributed by atoms with Crippen LogP contribution < -0.4 is 10.5 Å². The first-order valence-corrected chi connectivity index (χ1v) is 5.88. The quantitative estimate of drug-likeness (QED) is 0.800. The molecule has 17 heavy (non-hydrogen) atoms. The lowest BCUT2D eigenvalue weighted by Gasteiger charge is -2.09. The summed E-state index contributed by atoms with van der Waals surface area (Å²) in [5.74, 6) is 7.22. The summed E-state index contributed by atoms with van der Waals surface area (Å²) in [4.78, 5) is 0. The summed E-state index contributed by atoms with van der Waals surface area (Å²) in [6.45, 7) is 2.80. The van der Waals surface area contributed by atoms with E-state index < -0.39 is 0 Å². The number of hydrogen-bond acceptors (Lipinski definition) is 3. The van der Waals surface area contributed by atoms with Gasteiger partial charge in [0.15, 0.2) is 0 Å². The highest BCUT2D eigenvalue weighted by atomic mass is 16.5. The number of rotatable bonds is 3. The van der Waals surface area contributed by atoms with Crippen molar-refractivity contribution in [3.05, 3.63) is 29.8 Å². The van der Waals surface area contributed by atoms with Gasteiger partial charge in [-0.15, -0.1) is 0 Å². The van der Waals surface area contributed by atoms with Crippen LogP contribution >= 0.6 is 0 Å². The second-order valence-electron chi connectivity index (χ2n) is 4.07. The van der Waals surface area contributed by atoms with Crippen LogP contribution in [0.15, 0.2) is 24.3 Å². The maximum Gasteiger partial charge on any atom is 0.119 e. The van der Waals surface area contributed by atoms with Crippen LogP contribution in [0.1, 0.15) is 12.0 Å². The summed E-state index contributed by atoms with van der Waals surface area (Å²) in [5, 5.41) is 0. The maximum absolute atomic E-state index is 5.70. The Morgan fingerprint density at radius 2 is 2.18 bits per heavy atom. The molecule has 0 bridgehead atoms. The first-order valence-electron chi connectivity index (χ1n) is 5.88. The van der Waals surface area contributed by atoms with Crippen molar-refractivity contribution in [2.24, 2.45) is 11.7 Å². The number of hydrogen-bond donors (Lipinski definition) is 1. The normalized spacial score (nSPS) is 18.5. The van der Waals surface area contributed by atoms with Crippen molar-refractivity contribution >= 4 is 0 Å². The fourth-order valence-corrected chi connectivity index (χ4v) is 1.72. The molecule has 1 aliphatic rings. The standard InChI is InChI=1S/C14H17NO2/c15-8-1-2-12-3-5-14(6-4-12)17-11-13-7-9-16-10-13/h3-6,13H,7-11,15H2. The van der Waals surface area contributed by atoms with Crippen molar-refractivity contribution in [3.8, 4) is 17.6 Å². The number of nitrogens with two attached hydrogens (primary N) is 1. The summed E-state index contributed by atoms with van der Waals surface area (Å²) >= 11 is 0. The zero-order chi connectivity index (χ0) is 11.9. The Labute approximate surface area is 102 Å². The van der Waals surface area contributed by atoms with Gasteiger partial charge in [-0.2, -0.15) is 0 Å². The predicted molar refractivity (Wildman–Crippen MR) is 66.8 cm³/mol. The van der Waals surface area contributed by atoms with Gasteiger partial charge in [0.05, 0.1) is 19.8 Å². The predicted octanol–water partition coefficient (Wildman–Crippen LogP) is 1.41. The average molecular weight is 231 g/mol. The van der Waals surface area contributed by atoms with E-state index in [4.69, 9.17) is 15.2 Å². The largest absolute Gasteiger partial charge is 0.493 e. The first kappa shape index (κ1) is 12.0. The lowest BCUT2D eigenvalue weighted by atomic mass is 10.1. The molecular formula is C14H17NO2. The van der Waals surface area contributed by atoms with Gasteiger partial charge in [0.25, 0.3) is 0 Å². The van der Waals surface area contributed by atoms with Crippen molar-refractivity contribution in [2.45, 2.75) is 6.42 Å². The number of benzene rings is 1. The van der Waals surface area contributed by atoms with Crippen molar-refractivity contribution < 1.29 is 9.47 Å². The van der Waals surface area contributed by atoms with Gasteiger partial charge in [-0.25, -0.2) is 0 Å². The molecule has 1 heterocycles. The van der Waals surface area contributed by atoms with Crippen LogP contribution in [-0.4, -0.2) is 26.4 Å². The Hall–Kier alpha value is -1.50. The summed E-state index contributed by atoms with van der Waals surface area (Å²) in [6, 6.07) is 7.78. The molecule has 90 valence electrons. The van der Waals surface area contributed by atoms with Crippen molar-refractivity contribution in [1.29, 1.82) is 0 Å². The molecule has 1 aliphatic heterocycles. The van der Waals surface area contributed by atoms with E-state index >= 15 is 0 Å². The van der Waals surface area contributed by atoms with E-state index in [-0.39, 0.29) is 0 Å². The van der Waals surface area contributed by atoms with Crippen LogP contribution in [0.2, 0.25) is 0 Å². The Bertz CT molecular complexity index is 396. The molecule has 0 amide bonds. The Balaban J connectivity index is 1.84. The second-order valence-corrected chi connectivity index (χ2v) is 4.07. The van der Waals surface area contributed by atoms with E-state index in [9.17, 15) is 0 Å². The van der Waals surface area contributed by atoms with E-state index in [1.165, 1.54) is 0 Å². The molecular weight excluding hydrogens is 214 g/mol. The Morgan fingerprint density at radius 3 is 2.82 bits per heavy atom. The van der Waals surface area contributed by atoms with Gasteiger partial charge in [-0.1, -0.05) is 11.8 Å². The van der Waals surface area contributed by atoms with Crippen molar-refractivity contribution in [3.63, 3.8) is 0 Å². The van der Waals surface area contributed by atoms with Crippen LogP contribution in [0.4, 0.5) is 0 Å². The average Bonchev–Trinajstić information content (AvgIpc) is 2.88. The van der Waals surface area contributed by atoms with Crippen LogP contribution in [0.25, 0.3) is 0 Å². The van der Waals surface area contributed by atoms with Gasteiger partial charge in [-0.3, -0.25) is 0 Å². The van der Waals surface area contributed by atoms with Crippen molar-refractivity contribution in [1.82, 2.24) is 0 Å². The third kappa shape index (κ3) is 3.77.